The van der Waals surface area contributed by atoms with Crippen molar-refractivity contribution in [3.8, 4) is 0 Å². The van der Waals surface area contributed by atoms with Crippen LogP contribution in [0.5, 0.6) is 0 Å². The molecule has 6 heteroatoms. The predicted molar refractivity (Wildman–Crippen MR) is 65.2 cm³/mol. The molecule has 2 heterocycles. The number of nitrogens with one attached hydrogen (secondary N) is 1. The zero-order valence-electron chi connectivity index (χ0n) is 10.8. The molecule has 1 atom stereocenters. The molecule has 0 amide bonds. The number of nitrogens with zero attached hydrogens (tertiary/aromatic N) is 3. The van der Waals surface area contributed by atoms with E-state index in [4.69, 9.17) is 9.26 Å². The molecule has 1 aliphatic heterocycles. The fraction of sp³-hybridized carbons (Fsp3) is 0.833. The highest BCUT2D eigenvalue weighted by atomic mass is 16.5. The summed E-state index contributed by atoms with van der Waals surface area (Å²) in [5.74, 6) is 2.19. The Morgan fingerprint density at radius 3 is 3.11 bits per heavy atom. The van der Waals surface area contributed by atoms with E-state index in [0.717, 1.165) is 44.5 Å². The Morgan fingerprint density at radius 1 is 1.44 bits per heavy atom. The van der Waals surface area contributed by atoms with Crippen LogP contribution in [0.3, 0.4) is 0 Å². The normalized spacial score (nSPS) is 25.5. The first-order valence-corrected chi connectivity index (χ1v) is 6.66. The molecule has 2 fully saturated rings. The summed E-state index contributed by atoms with van der Waals surface area (Å²) in [6, 6.07) is 0. The minimum atomic E-state index is 0.259. The van der Waals surface area contributed by atoms with E-state index in [2.05, 4.69) is 20.4 Å². The van der Waals surface area contributed by atoms with Gasteiger partial charge in [-0.2, -0.15) is 4.98 Å². The molecular formula is C12H20N4O2. The first-order valence-electron chi connectivity index (χ1n) is 6.66. The molecule has 1 aromatic heterocycles. The molecule has 1 unspecified atom stereocenters. The molecule has 100 valence electrons. The summed E-state index contributed by atoms with van der Waals surface area (Å²) in [6.45, 7) is 4.25. The minimum absolute atomic E-state index is 0.259. The Morgan fingerprint density at radius 2 is 2.33 bits per heavy atom. The van der Waals surface area contributed by atoms with E-state index in [1.807, 2.05) is 7.05 Å². The summed E-state index contributed by atoms with van der Waals surface area (Å²) in [5, 5.41) is 7.19. The molecule has 1 aromatic rings. The van der Waals surface area contributed by atoms with Crippen LogP contribution in [0.25, 0.3) is 0 Å². The van der Waals surface area contributed by atoms with Crippen molar-refractivity contribution in [2.75, 3.05) is 33.3 Å². The Kier molecular flexibility index (Phi) is 3.58. The Bertz CT molecular complexity index is 389. The van der Waals surface area contributed by atoms with Crippen molar-refractivity contribution in [2.45, 2.75) is 31.4 Å². The number of hydrogen-bond donors (Lipinski definition) is 1. The van der Waals surface area contributed by atoms with E-state index in [1.54, 1.807) is 0 Å². The van der Waals surface area contributed by atoms with Crippen molar-refractivity contribution in [3.63, 3.8) is 0 Å². The van der Waals surface area contributed by atoms with E-state index in [9.17, 15) is 0 Å². The van der Waals surface area contributed by atoms with Gasteiger partial charge in [0.05, 0.1) is 19.3 Å². The number of aromatic nitrogens is 2. The third-order valence-corrected chi connectivity index (χ3v) is 3.44. The first-order chi connectivity index (χ1) is 8.85. The molecule has 0 aromatic carbocycles. The van der Waals surface area contributed by atoms with Crippen LogP contribution >= 0.6 is 0 Å². The molecule has 0 bridgehead atoms. The molecular weight excluding hydrogens is 232 g/mol. The smallest absolute Gasteiger partial charge is 0.240 e. The highest BCUT2D eigenvalue weighted by molar-refractivity contribution is 5.03. The van der Waals surface area contributed by atoms with Crippen molar-refractivity contribution in [1.82, 2.24) is 20.4 Å². The third-order valence-electron chi connectivity index (χ3n) is 3.44. The number of hydrogen-bond acceptors (Lipinski definition) is 6. The summed E-state index contributed by atoms with van der Waals surface area (Å²) in [6.07, 6.45) is 2.68. The fourth-order valence-electron chi connectivity index (χ4n) is 2.31. The number of morpholine rings is 1. The highest BCUT2D eigenvalue weighted by Crippen LogP contribution is 2.38. The lowest BCUT2D eigenvalue weighted by Gasteiger charge is -2.31. The fourth-order valence-corrected chi connectivity index (χ4v) is 2.31. The quantitative estimate of drug-likeness (QED) is 0.816. The van der Waals surface area contributed by atoms with Gasteiger partial charge in [0.1, 0.15) is 0 Å². The number of likely N-dealkylation sites (N-methyl/N-ethyl adjacent to an activating group) is 1. The monoisotopic (exact) mass is 252 g/mol. The van der Waals surface area contributed by atoms with Gasteiger partial charge in [-0.15, -0.1) is 0 Å². The van der Waals surface area contributed by atoms with Crippen molar-refractivity contribution in [3.05, 3.63) is 11.7 Å². The lowest BCUT2D eigenvalue weighted by Crippen LogP contribution is -2.45. The van der Waals surface area contributed by atoms with Crippen LogP contribution in [0.2, 0.25) is 0 Å². The largest absolute Gasteiger partial charge is 0.374 e. The molecule has 6 nitrogen and oxygen atoms in total. The van der Waals surface area contributed by atoms with Gasteiger partial charge in [-0.05, 0) is 19.9 Å². The molecule has 1 saturated heterocycles. The van der Waals surface area contributed by atoms with Gasteiger partial charge in [0, 0.05) is 25.6 Å². The van der Waals surface area contributed by atoms with Gasteiger partial charge < -0.3 is 14.6 Å². The summed E-state index contributed by atoms with van der Waals surface area (Å²) in [4.78, 5) is 6.78. The average Bonchev–Trinajstić information content (AvgIpc) is 3.12. The maximum absolute atomic E-state index is 5.67. The van der Waals surface area contributed by atoms with Crippen LogP contribution in [-0.2, 0) is 11.3 Å². The summed E-state index contributed by atoms with van der Waals surface area (Å²) in [5.41, 5.74) is 0. The van der Waals surface area contributed by atoms with E-state index in [1.165, 1.54) is 12.8 Å². The zero-order chi connectivity index (χ0) is 12.4. The molecule has 0 spiro atoms. The van der Waals surface area contributed by atoms with E-state index < -0.39 is 0 Å². The molecule has 1 saturated carbocycles. The van der Waals surface area contributed by atoms with Crippen LogP contribution in [0, 0.1) is 0 Å². The third kappa shape index (κ3) is 2.88. The summed E-state index contributed by atoms with van der Waals surface area (Å²) >= 11 is 0. The van der Waals surface area contributed by atoms with Crippen molar-refractivity contribution in [1.29, 1.82) is 0 Å². The lowest BCUT2D eigenvalue weighted by molar-refractivity contribution is -0.0318. The van der Waals surface area contributed by atoms with Gasteiger partial charge in [0.15, 0.2) is 5.82 Å². The van der Waals surface area contributed by atoms with E-state index in [-0.39, 0.29) is 6.10 Å². The van der Waals surface area contributed by atoms with Gasteiger partial charge >= 0.3 is 0 Å². The molecule has 18 heavy (non-hydrogen) atoms. The van der Waals surface area contributed by atoms with Crippen molar-refractivity contribution >= 4 is 0 Å². The van der Waals surface area contributed by atoms with Crippen LogP contribution in [0.4, 0.5) is 0 Å². The second-order valence-electron chi connectivity index (χ2n) is 5.11. The summed E-state index contributed by atoms with van der Waals surface area (Å²) < 4.78 is 11.0. The average molecular weight is 252 g/mol. The molecule has 3 rings (SSSR count). The van der Waals surface area contributed by atoms with Crippen LogP contribution < -0.4 is 5.32 Å². The zero-order valence-corrected chi connectivity index (χ0v) is 10.8. The van der Waals surface area contributed by atoms with Gasteiger partial charge in [0.25, 0.3) is 0 Å². The number of rotatable bonds is 5. The first kappa shape index (κ1) is 12.1. The Labute approximate surface area is 107 Å². The summed E-state index contributed by atoms with van der Waals surface area (Å²) in [7, 11) is 1.95. The molecule has 1 aliphatic carbocycles. The maximum Gasteiger partial charge on any atom is 0.240 e. The predicted octanol–water partition coefficient (Wildman–Crippen LogP) is 0.367. The Hall–Kier alpha value is -0.980. The van der Waals surface area contributed by atoms with Gasteiger partial charge in [-0.1, -0.05) is 5.16 Å². The van der Waals surface area contributed by atoms with Crippen LogP contribution in [0.1, 0.15) is 30.5 Å². The van der Waals surface area contributed by atoms with Crippen molar-refractivity contribution in [2.24, 2.45) is 0 Å². The van der Waals surface area contributed by atoms with Gasteiger partial charge in [0.2, 0.25) is 5.89 Å². The second-order valence-corrected chi connectivity index (χ2v) is 5.11. The van der Waals surface area contributed by atoms with E-state index >= 15 is 0 Å². The van der Waals surface area contributed by atoms with Crippen LogP contribution in [0.15, 0.2) is 4.52 Å². The second kappa shape index (κ2) is 5.34. The molecule has 1 N–H and O–H groups in total. The SMILES string of the molecule is CNCC1CN(Cc2nc(C3CC3)no2)CCO1. The van der Waals surface area contributed by atoms with Gasteiger partial charge in [-0.3, -0.25) is 4.90 Å². The van der Waals surface area contributed by atoms with Crippen molar-refractivity contribution < 1.29 is 9.26 Å². The standard InChI is InChI=1S/C12H20N4O2/c1-13-6-10-7-16(4-5-17-10)8-11-14-12(15-18-11)9-2-3-9/h9-10,13H,2-8H2,1H3. The van der Waals surface area contributed by atoms with Gasteiger partial charge in [-0.25, -0.2) is 0 Å². The van der Waals surface area contributed by atoms with Crippen LogP contribution in [-0.4, -0.2) is 54.4 Å². The highest BCUT2D eigenvalue weighted by Gasteiger charge is 2.29. The maximum atomic E-state index is 5.67. The molecule has 2 aliphatic rings. The van der Waals surface area contributed by atoms with E-state index in [0.29, 0.717) is 5.92 Å². The minimum Gasteiger partial charge on any atom is -0.374 e. The topological polar surface area (TPSA) is 63.4 Å². The Balaban J connectivity index is 1.54. The lowest BCUT2D eigenvalue weighted by atomic mass is 10.2. The molecule has 0 radical (unpaired) electrons. The number of ether oxygens (including phenoxy) is 1.